The van der Waals surface area contributed by atoms with E-state index in [2.05, 4.69) is 22.9 Å². The van der Waals surface area contributed by atoms with Crippen molar-refractivity contribution in [3.63, 3.8) is 0 Å². The Morgan fingerprint density at radius 1 is 1.29 bits per heavy atom. The summed E-state index contributed by atoms with van der Waals surface area (Å²) in [5, 5.41) is 4.73. The van der Waals surface area contributed by atoms with Crippen molar-refractivity contribution in [2.24, 2.45) is 11.7 Å². The Kier molecular flexibility index (Phi) is 5.85. The Morgan fingerprint density at radius 2 is 1.94 bits per heavy atom. The van der Waals surface area contributed by atoms with Crippen molar-refractivity contribution in [3.05, 3.63) is 0 Å². The van der Waals surface area contributed by atoms with Gasteiger partial charge in [0.15, 0.2) is 0 Å². The van der Waals surface area contributed by atoms with Crippen LogP contribution in [0, 0.1) is 5.92 Å². The molecular formula is C10H17N3O3S. The fourth-order valence-electron chi connectivity index (χ4n) is 1.10. The van der Waals surface area contributed by atoms with Gasteiger partial charge in [0, 0.05) is 13.2 Å². The van der Waals surface area contributed by atoms with E-state index >= 15 is 0 Å². The standard InChI is InChI=1S/C10H17N3O3S/c11-8(17)5-13-10(15)9(14)12-3-4-16-6-7-1-2-7/h7H,1-6H2,(H2,11,17)(H,12,14)(H,13,15). The van der Waals surface area contributed by atoms with Gasteiger partial charge in [-0.1, -0.05) is 12.2 Å². The van der Waals surface area contributed by atoms with Gasteiger partial charge >= 0.3 is 11.8 Å². The van der Waals surface area contributed by atoms with Crippen LogP contribution in [-0.4, -0.2) is 43.1 Å². The summed E-state index contributed by atoms with van der Waals surface area (Å²) in [7, 11) is 0. The lowest BCUT2D eigenvalue weighted by atomic mass is 10.4. The van der Waals surface area contributed by atoms with E-state index < -0.39 is 11.8 Å². The predicted octanol–water partition coefficient (Wildman–Crippen LogP) is -1.07. The first-order valence-electron chi connectivity index (χ1n) is 5.51. The molecule has 1 aliphatic carbocycles. The Morgan fingerprint density at radius 3 is 2.53 bits per heavy atom. The van der Waals surface area contributed by atoms with Crippen molar-refractivity contribution < 1.29 is 14.3 Å². The van der Waals surface area contributed by atoms with Gasteiger partial charge in [-0.25, -0.2) is 0 Å². The summed E-state index contributed by atoms with van der Waals surface area (Å²) in [6.07, 6.45) is 2.46. The van der Waals surface area contributed by atoms with Crippen LogP contribution in [0.25, 0.3) is 0 Å². The summed E-state index contributed by atoms with van der Waals surface area (Å²) >= 11 is 4.56. The van der Waals surface area contributed by atoms with Crippen molar-refractivity contribution in [2.45, 2.75) is 12.8 Å². The summed E-state index contributed by atoms with van der Waals surface area (Å²) in [6.45, 7) is 1.51. The van der Waals surface area contributed by atoms with Crippen LogP contribution < -0.4 is 16.4 Å². The Balaban J connectivity index is 1.98. The molecule has 1 aliphatic rings. The van der Waals surface area contributed by atoms with Gasteiger partial charge in [0.1, 0.15) is 0 Å². The van der Waals surface area contributed by atoms with Crippen LogP contribution in [0.5, 0.6) is 0 Å². The van der Waals surface area contributed by atoms with E-state index in [-0.39, 0.29) is 11.5 Å². The maximum atomic E-state index is 11.2. The lowest BCUT2D eigenvalue weighted by Crippen LogP contribution is -2.43. The summed E-state index contributed by atoms with van der Waals surface area (Å²) < 4.78 is 5.30. The second-order valence-corrected chi connectivity index (χ2v) is 4.45. The highest BCUT2D eigenvalue weighted by molar-refractivity contribution is 7.80. The Bertz CT molecular complexity index is 305. The molecule has 0 aromatic carbocycles. The zero-order valence-corrected chi connectivity index (χ0v) is 10.3. The Labute approximate surface area is 105 Å². The van der Waals surface area contributed by atoms with Gasteiger partial charge in [-0.2, -0.15) is 0 Å². The summed E-state index contributed by atoms with van der Waals surface area (Å²) in [6, 6.07) is 0. The minimum absolute atomic E-state index is 0.0275. The van der Waals surface area contributed by atoms with Gasteiger partial charge in [0.05, 0.1) is 18.1 Å². The number of nitrogens with one attached hydrogen (secondary N) is 2. The molecule has 96 valence electrons. The second-order valence-electron chi connectivity index (χ2n) is 3.92. The first kappa shape index (κ1) is 13.9. The first-order valence-corrected chi connectivity index (χ1v) is 5.92. The highest BCUT2D eigenvalue weighted by atomic mass is 32.1. The molecule has 1 fully saturated rings. The van der Waals surface area contributed by atoms with Crippen LogP contribution in [0.2, 0.25) is 0 Å². The summed E-state index contributed by atoms with van der Waals surface area (Å²) in [5.41, 5.74) is 5.18. The van der Waals surface area contributed by atoms with E-state index in [1.165, 1.54) is 12.8 Å². The molecule has 0 aliphatic heterocycles. The lowest BCUT2D eigenvalue weighted by molar-refractivity contribution is -0.139. The molecule has 0 bridgehead atoms. The molecule has 17 heavy (non-hydrogen) atoms. The molecule has 0 atom stereocenters. The highest BCUT2D eigenvalue weighted by Crippen LogP contribution is 2.28. The summed E-state index contributed by atoms with van der Waals surface area (Å²) in [5.74, 6) is -0.740. The molecule has 2 amide bonds. The average molecular weight is 259 g/mol. The molecular weight excluding hydrogens is 242 g/mol. The third-order valence-corrected chi connectivity index (χ3v) is 2.36. The van der Waals surface area contributed by atoms with Gasteiger partial charge in [0.2, 0.25) is 0 Å². The lowest BCUT2D eigenvalue weighted by Gasteiger charge is -2.06. The molecule has 1 saturated carbocycles. The zero-order chi connectivity index (χ0) is 12.7. The predicted molar refractivity (Wildman–Crippen MR) is 66.3 cm³/mol. The molecule has 0 radical (unpaired) electrons. The van der Waals surface area contributed by atoms with Gasteiger partial charge in [0.25, 0.3) is 0 Å². The number of thiocarbonyl (C=S) groups is 1. The zero-order valence-electron chi connectivity index (χ0n) is 9.53. The molecule has 0 heterocycles. The SMILES string of the molecule is NC(=S)CNC(=O)C(=O)NCCOCC1CC1. The minimum atomic E-state index is -0.736. The van der Waals surface area contributed by atoms with Crippen LogP contribution in [0.15, 0.2) is 0 Å². The molecule has 0 saturated heterocycles. The number of nitrogens with two attached hydrogens (primary N) is 1. The first-order chi connectivity index (χ1) is 8.09. The number of ether oxygens (including phenoxy) is 1. The fourth-order valence-corrected chi connectivity index (χ4v) is 1.17. The summed E-state index contributed by atoms with van der Waals surface area (Å²) in [4.78, 5) is 22.5. The number of hydrogen-bond donors (Lipinski definition) is 3. The van der Waals surface area contributed by atoms with Gasteiger partial charge in [-0.3, -0.25) is 9.59 Å². The van der Waals surface area contributed by atoms with Crippen LogP contribution in [-0.2, 0) is 14.3 Å². The number of carbonyl (C=O) groups excluding carboxylic acids is 2. The average Bonchev–Trinajstić information content (AvgIpc) is 3.09. The van der Waals surface area contributed by atoms with Gasteiger partial charge < -0.3 is 21.1 Å². The highest BCUT2D eigenvalue weighted by Gasteiger charge is 2.21. The van der Waals surface area contributed by atoms with Crippen LogP contribution in [0.4, 0.5) is 0 Å². The number of carbonyl (C=O) groups is 2. The normalized spacial score (nSPS) is 14.1. The Hall–Kier alpha value is -1.21. The van der Waals surface area contributed by atoms with Crippen LogP contribution in [0.3, 0.4) is 0 Å². The van der Waals surface area contributed by atoms with E-state index in [9.17, 15) is 9.59 Å². The quantitative estimate of drug-likeness (QED) is 0.307. The van der Waals surface area contributed by atoms with E-state index in [1.807, 2.05) is 0 Å². The topological polar surface area (TPSA) is 93.5 Å². The monoisotopic (exact) mass is 259 g/mol. The molecule has 4 N–H and O–H groups in total. The van der Waals surface area contributed by atoms with Gasteiger partial charge in [-0.05, 0) is 18.8 Å². The van der Waals surface area contributed by atoms with Crippen LogP contribution in [0.1, 0.15) is 12.8 Å². The fraction of sp³-hybridized carbons (Fsp3) is 0.700. The second kappa shape index (κ2) is 7.18. The number of hydrogen-bond acceptors (Lipinski definition) is 4. The maximum Gasteiger partial charge on any atom is 0.309 e. The number of amides is 2. The van der Waals surface area contributed by atoms with E-state index in [4.69, 9.17) is 10.5 Å². The molecule has 0 unspecified atom stereocenters. The van der Waals surface area contributed by atoms with Crippen molar-refractivity contribution in [3.8, 4) is 0 Å². The maximum absolute atomic E-state index is 11.2. The third-order valence-electron chi connectivity index (χ3n) is 2.21. The van der Waals surface area contributed by atoms with E-state index in [0.29, 0.717) is 19.1 Å². The number of rotatable bonds is 7. The molecule has 0 spiro atoms. The van der Waals surface area contributed by atoms with Crippen molar-refractivity contribution in [1.82, 2.24) is 10.6 Å². The minimum Gasteiger partial charge on any atom is -0.392 e. The molecule has 7 heteroatoms. The van der Waals surface area contributed by atoms with Crippen molar-refractivity contribution in [1.29, 1.82) is 0 Å². The molecule has 6 nitrogen and oxygen atoms in total. The van der Waals surface area contributed by atoms with E-state index in [0.717, 1.165) is 6.61 Å². The molecule has 0 aromatic rings. The smallest absolute Gasteiger partial charge is 0.309 e. The van der Waals surface area contributed by atoms with Crippen molar-refractivity contribution >= 4 is 29.0 Å². The van der Waals surface area contributed by atoms with Crippen molar-refractivity contribution in [2.75, 3.05) is 26.3 Å². The molecule has 0 aromatic heterocycles. The molecule has 1 rings (SSSR count). The largest absolute Gasteiger partial charge is 0.392 e. The van der Waals surface area contributed by atoms with Crippen LogP contribution >= 0.6 is 12.2 Å². The van der Waals surface area contributed by atoms with E-state index in [1.54, 1.807) is 0 Å². The third kappa shape index (κ3) is 6.85. The van der Waals surface area contributed by atoms with Gasteiger partial charge in [-0.15, -0.1) is 0 Å².